The van der Waals surface area contributed by atoms with Crippen molar-refractivity contribution in [2.45, 2.75) is 26.3 Å². The highest BCUT2D eigenvalue weighted by Crippen LogP contribution is 2.29. The van der Waals surface area contributed by atoms with Crippen LogP contribution in [0, 0.1) is 0 Å². The molecular weight excluding hydrogens is 436 g/mol. The van der Waals surface area contributed by atoms with Gasteiger partial charge >= 0.3 is 6.43 Å². The van der Waals surface area contributed by atoms with Crippen molar-refractivity contribution in [2.75, 3.05) is 10.1 Å². The maximum Gasteiger partial charge on any atom is 0.314 e. The molecule has 0 bridgehead atoms. The Labute approximate surface area is 168 Å². The van der Waals surface area contributed by atoms with Crippen LogP contribution in [-0.4, -0.2) is 34.3 Å². The van der Waals surface area contributed by atoms with Crippen LogP contribution in [0.4, 0.5) is 14.6 Å². The number of thiazole rings is 1. The third kappa shape index (κ3) is 4.62. The van der Waals surface area contributed by atoms with Gasteiger partial charge in [-0.2, -0.15) is 8.78 Å². The Bertz CT molecular complexity index is 1040. The monoisotopic (exact) mass is 449 g/mol. The zero-order valence-corrected chi connectivity index (χ0v) is 16.8. The van der Waals surface area contributed by atoms with E-state index >= 15 is 0 Å². The van der Waals surface area contributed by atoms with Crippen molar-refractivity contribution >= 4 is 38.8 Å². The van der Waals surface area contributed by atoms with Crippen molar-refractivity contribution in [1.82, 2.24) is 20.2 Å². The molecule has 0 atom stereocenters. The highest BCUT2D eigenvalue weighted by molar-refractivity contribution is 7.92. The normalized spacial score (nSPS) is 11.9. The van der Waals surface area contributed by atoms with Crippen LogP contribution in [-0.2, 0) is 16.6 Å². The van der Waals surface area contributed by atoms with E-state index in [1.165, 1.54) is 24.5 Å². The Balaban J connectivity index is 1.88. The maximum absolute atomic E-state index is 12.7. The number of sulfonamides is 1. The predicted molar refractivity (Wildman–Crippen MR) is 99.9 cm³/mol. The summed E-state index contributed by atoms with van der Waals surface area (Å²) < 4.78 is 56.6. The topological polar surface area (TPSA) is 102 Å². The van der Waals surface area contributed by atoms with E-state index < -0.39 is 22.3 Å². The molecule has 3 rings (SSSR count). The molecule has 3 aromatic rings. The molecule has 0 unspecified atom stereocenters. The van der Waals surface area contributed by atoms with Crippen LogP contribution in [0.3, 0.4) is 0 Å². The fourth-order valence-corrected chi connectivity index (χ4v) is 4.70. The van der Waals surface area contributed by atoms with Gasteiger partial charge in [0.15, 0.2) is 0 Å². The molecule has 0 N–H and O–H groups in total. The summed E-state index contributed by atoms with van der Waals surface area (Å²) in [6.07, 6.45) is 0.263. The summed E-state index contributed by atoms with van der Waals surface area (Å²) in [6.45, 7) is 1.67. The van der Waals surface area contributed by atoms with Gasteiger partial charge in [0.1, 0.15) is 15.7 Å². The fraction of sp³-hybridized carbons (Fsp3) is 0.333. The molecule has 0 aliphatic rings. The third-order valence-corrected chi connectivity index (χ3v) is 6.54. The smallest absolute Gasteiger partial charge is 0.314 e. The average molecular weight is 450 g/mol. The second kappa shape index (κ2) is 8.45. The SMILES string of the molecule is CCCS(=O)(=O)N(Cc1ncc(-c2nnc(C(F)F)o2)s1)c1ccc(Cl)cn1. The Morgan fingerprint density at radius 3 is 2.64 bits per heavy atom. The largest absolute Gasteiger partial charge is 0.414 e. The van der Waals surface area contributed by atoms with Gasteiger partial charge in [-0.3, -0.25) is 0 Å². The Kier molecular flexibility index (Phi) is 6.20. The molecular formula is C15H14ClF2N5O3S2. The van der Waals surface area contributed by atoms with Gasteiger partial charge in [-0.1, -0.05) is 18.5 Å². The van der Waals surface area contributed by atoms with Gasteiger partial charge in [-0.25, -0.2) is 22.7 Å². The molecule has 0 radical (unpaired) electrons. The van der Waals surface area contributed by atoms with E-state index in [1.807, 2.05) is 0 Å². The molecule has 3 heterocycles. The molecule has 3 aromatic heterocycles. The molecule has 0 aromatic carbocycles. The summed E-state index contributed by atoms with van der Waals surface area (Å²) in [4.78, 5) is 8.58. The molecule has 0 saturated heterocycles. The van der Waals surface area contributed by atoms with Crippen molar-refractivity contribution in [3.8, 4) is 10.8 Å². The highest BCUT2D eigenvalue weighted by Gasteiger charge is 2.25. The van der Waals surface area contributed by atoms with Crippen LogP contribution in [0.1, 0.15) is 30.7 Å². The van der Waals surface area contributed by atoms with Gasteiger partial charge in [-0.05, 0) is 18.6 Å². The lowest BCUT2D eigenvalue weighted by molar-refractivity contribution is 0.116. The second-order valence-electron chi connectivity index (χ2n) is 5.52. The van der Waals surface area contributed by atoms with E-state index in [-0.39, 0.29) is 24.0 Å². The van der Waals surface area contributed by atoms with E-state index in [1.54, 1.807) is 6.92 Å². The Hall–Kier alpha value is -2.18. The average Bonchev–Trinajstić information content (AvgIpc) is 3.30. The van der Waals surface area contributed by atoms with E-state index in [0.29, 0.717) is 21.3 Å². The van der Waals surface area contributed by atoms with E-state index in [2.05, 4.69) is 20.2 Å². The summed E-state index contributed by atoms with van der Waals surface area (Å²) >= 11 is 6.89. The predicted octanol–water partition coefficient (Wildman–Crippen LogP) is 3.93. The van der Waals surface area contributed by atoms with E-state index in [4.69, 9.17) is 16.0 Å². The molecule has 0 amide bonds. The van der Waals surface area contributed by atoms with Gasteiger partial charge < -0.3 is 4.42 Å². The molecule has 28 heavy (non-hydrogen) atoms. The first kappa shape index (κ1) is 20.6. The lowest BCUT2D eigenvalue weighted by Gasteiger charge is -2.22. The number of rotatable bonds is 8. The molecule has 0 aliphatic carbocycles. The number of pyridine rings is 1. The lowest BCUT2D eigenvalue weighted by Crippen LogP contribution is -2.33. The van der Waals surface area contributed by atoms with Crippen molar-refractivity contribution in [1.29, 1.82) is 0 Å². The van der Waals surface area contributed by atoms with Crippen LogP contribution in [0.15, 0.2) is 28.9 Å². The molecule has 150 valence electrons. The summed E-state index contributed by atoms with van der Waals surface area (Å²) in [5.41, 5.74) is 0. The van der Waals surface area contributed by atoms with Gasteiger partial charge in [-0.15, -0.1) is 21.5 Å². The molecule has 13 heteroatoms. The van der Waals surface area contributed by atoms with Crippen LogP contribution < -0.4 is 4.31 Å². The fourth-order valence-electron chi connectivity index (χ4n) is 2.23. The molecule has 0 aliphatic heterocycles. The van der Waals surface area contributed by atoms with Crippen molar-refractivity contribution in [3.63, 3.8) is 0 Å². The molecule has 8 nitrogen and oxygen atoms in total. The number of hydrogen-bond acceptors (Lipinski definition) is 8. The highest BCUT2D eigenvalue weighted by atomic mass is 35.5. The number of halogens is 3. The van der Waals surface area contributed by atoms with Gasteiger partial charge in [0.05, 0.1) is 23.5 Å². The second-order valence-corrected chi connectivity index (χ2v) is 9.09. The lowest BCUT2D eigenvalue weighted by atomic mass is 10.4. The quantitative estimate of drug-likeness (QED) is 0.513. The number of aromatic nitrogens is 4. The Morgan fingerprint density at radius 1 is 1.25 bits per heavy atom. The summed E-state index contributed by atoms with van der Waals surface area (Å²) in [6, 6.07) is 3.03. The molecule has 0 spiro atoms. The van der Waals surface area contributed by atoms with Gasteiger partial charge in [0, 0.05) is 6.20 Å². The first-order valence-electron chi connectivity index (χ1n) is 7.98. The van der Waals surface area contributed by atoms with Crippen molar-refractivity contribution in [2.24, 2.45) is 0 Å². The minimum atomic E-state index is -3.66. The number of alkyl halides is 2. The zero-order valence-electron chi connectivity index (χ0n) is 14.4. The minimum Gasteiger partial charge on any atom is -0.414 e. The molecule has 0 saturated carbocycles. The number of nitrogens with zero attached hydrogens (tertiary/aromatic N) is 5. The minimum absolute atomic E-state index is 0.0725. The van der Waals surface area contributed by atoms with Crippen LogP contribution in [0.2, 0.25) is 5.02 Å². The van der Waals surface area contributed by atoms with Crippen molar-refractivity contribution in [3.05, 3.63) is 40.4 Å². The number of hydrogen-bond donors (Lipinski definition) is 0. The third-order valence-electron chi connectivity index (χ3n) is 3.44. The van der Waals surface area contributed by atoms with Crippen LogP contribution in [0.25, 0.3) is 10.8 Å². The van der Waals surface area contributed by atoms with Gasteiger partial charge in [0.2, 0.25) is 10.0 Å². The first-order valence-corrected chi connectivity index (χ1v) is 10.8. The van der Waals surface area contributed by atoms with E-state index in [9.17, 15) is 17.2 Å². The van der Waals surface area contributed by atoms with Crippen LogP contribution in [0.5, 0.6) is 0 Å². The summed E-state index contributed by atoms with van der Waals surface area (Å²) in [7, 11) is -3.66. The maximum atomic E-state index is 12.7. The van der Waals surface area contributed by atoms with E-state index in [0.717, 1.165) is 15.6 Å². The summed E-state index contributed by atoms with van der Waals surface area (Å²) in [5.74, 6) is -0.766. The zero-order chi connectivity index (χ0) is 20.3. The van der Waals surface area contributed by atoms with Crippen LogP contribution >= 0.6 is 22.9 Å². The van der Waals surface area contributed by atoms with Gasteiger partial charge in [0.25, 0.3) is 11.8 Å². The standard InChI is InChI=1S/C15H14ClF2N5O3S2/c1-2-5-28(24,25)23(11-4-3-9(16)6-19-11)8-12-20-7-10(27-12)14-21-22-15(26-14)13(17)18/h3-4,6-7,13H,2,5,8H2,1H3. The Morgan fingerprint density at radius 2 is 2.04 bits per heavy atom. The molecule has 0 fully saturated rings. The number of anilines is 1. The van der Waals surface area contributed by atoms with Crippen molar-refractivity contribution < 1.29 is 21.6 Å². The first-order chi connectivity index (χ1) is 13.3. The summed E-state index contributed by atoms with van der Waals surface area (Å²) in [5, 5.41) is 7.61.